The minimum atomic E-state index is -2.87. The number of nitrogens with two attached hydrogens (primary N) is 1. The maximum absolute atomic E-state index is 12.4. The fourth-order valence-corrected chi connectivity index (χ4v) is 2.11. The van der Waals surface area contributed by atoms with E-state index < -0.39 is 6.61 Å². The minimum absolute atomic E-state index is 0.109. The Morgan fingerprint density at radius 2 is 1.83 bits per heavy atom. The lowest BCUT2D eigenvalue weighted by Gasteiger charge is -2.13. The van der Waals surface area contributed by atoms with E-state index in [0.29, 0.717) is 15.7 Å². The minimum Gasteiger partial charge on any atom is -0.433 e. The molecule has 0 aliphatic rings. The lowest BCUT2D eigenvalue weighted by atomic mass is 10.0. The van der Waals surface area contributed by atoms with Crippen LogP contribution in [0.2, 0.25) is 0 Å². The van der Waals surface area contributed by atoms with Crippen LogP contribution in [0.4, 0.5) is 14.5 Å². The van der Waals surface area contributed by atoms with Crippen molar-refractivity contribution in [3.8, 4) is 16.9 Å². The van der Waals surface area contributed by atoms with Crippen LogP contribution in [-0.4, -0.2) is 6.61 Å². The number of hydrogen-bond acceptors (Lipinski definition) is 2. The maximum Gasteiger partial charge on any atom is 0.387 e. The van der Waals surface area contributed by atoms with Gasteiger partial charge in [-0.3, -0.25) is 0 Å². The third-order valence-electron chi connectivity index (χ3n) is 2.37. The molecule has 2 aromatic carbocycles. The van der Waals surface area contributed by atoms with E-state index in [2.05, 4.69) is 20.7 Å². The lowest BCUT2D eigenvalue weighted by molar-refractivity contribution is -0.0499. The monoisotopic (exact) mass is 313 g/mol. The number of halogens is 3. The molecule has 2 aromatic rings. The molecule has 0 radical (unpaired) electrons. The Bertz CT molecular complexity index is 560. The van der Waals surface area contributed by atoms with Crippen LogP contribution >= 0.6 is 15.9 Å². The normalized spacial score (nSPS) is 10.7. The third-order valence-corrected chi connectivity index (χ3v) is 3.00. The summed E-state index contributed by atoms with van der Waals surface area (Å²) < 4.78 is 29.8. The molecule has 0 aliphatic heterocycles. The molecule has 0 aromatic heterocycles. The molecule has 0 amide bonds. The number of hydrogen-bond donors (Lipinski definition) is 1. The summed E-state index contributed by atoms with van der Waals surface area (Å²) >= 11 is 3.20. The molecule has 18 heavy (non-hydrogen) atoms. The van der Waals surface area contributed by atoms with Gasteiger partial charge in [0.1, 0.15) is 5.75 Å². The van der Waals surface area contributed by atoms with E-state index in [4.69, 9.17) is 5.73 Å². The van der Waals surface area contributed by atoms with Crippen LogP contribution in [0, 0.1) is 0 Å². The first kappa shape index (κ1) is 12.8. The van der Waals surface area contributed by atoms with Gasteiger partial charge in [0, 0.05) is 11.3 Å². The summed E-state index contributed by atoms with van der Waals surface area (Å²) in [5.41, 5.74) is 7.55. The highest BCUT2D eigenvalue weighted by atomic mass is 79.9. The molecule has 2 N–H and O–H groups in total. The van der Waals surface area contributed by atoms with Crippen molar-refractivity contribution in [3.63, 3.8) is 0 Å². The molecule has 0 atom stereocenters. The van der Waals surface area contributed by atoms with Gasteiger partial charge in [-0.05, 0) is 39.7 Å². The van der Waals surface area contributed by atoms with E-state index in [9.17, 15) is 8.78 Å². The summed E-state index contributed by atoms with van der Waals surface area (Å²) in [7, 11) is 0. The first-order chi connectivity index (χ1) is 8.58. The van der Waals surface area contributed by atoms with E-state index in [0.717, 1.165) is 5.56 Å². The van der Waals surface area contributed by atoms with Crippen molar-refractivity contribution in [2.24, 2.45) is 0 Å². The van der Waals surface area contributed by atoms with Crippen LogP contribution in [0.25, 0.3) is 11.1 Å². The van der Waals surface area contributed by atoms with Crippen molar-refractivity contribution in [3.05, 3.63) is 46.9 Å². The topological polar surface area (TPSA) is 35.2 Å². The van der Waals surface area contributed by atoms with Gasteiger partial charge in [0.2, 0.25) is 0 Å². The van der Waals surface area contributed by atoms with Crippen molar-refractivity contribution >= 4 is 21.6 Å². The van der Waals surface area contributed by atoms with Crippen LogP contribution in [0.3, 0.4) is 0 Å². The molecule has 0 fully saturated rings. The predicted molar refractivity (Wildman–Crippen MR) is 70.6 cm³/mol. The number of rotatable bonds is 3. The molecule has 5 heteroatoms. The average molecular weight is 314 g/mol. The Labute approximate surface area is 112 Å². The molecule has 0 unspecified atom stereocenters. The van der Waals surface area contributed by atoms with Gasteiger partial charge in [-0.2, -0.15) is 8.78 Å². The Hall–Kier alpha value is -1.62. The van der Waals surface area contributed by atoms with E-state index in [1.165, 1.54) is 0 Å². The summed E-state index contributed by atoms with van der Waals surface area (Å²) in [6, 6.07) is 12.1. The van der Waals surface area contributed by atoms with Crippen molar-refractivity contribution in [1.82, 2.24) is 0 Å². The van der Waals surface area contributed by atoms with Gasteiger partial charge in [-0.15, -0.1) is 0 Å². The number of nitrogen functional groups attached to an aromatic ring is 1. The van der Waals surface area contributed by atoms with E-state index >= 15 is 0 Å². The van der Waals surface area contributed by atoms with Gasteiger partial charge < -0.3 is 10.5 Å². The van der Waals surface area contributed by atoms with Crippen LogP contribution < -0.4 is 10.5 Å². The van der Waals surface area contributed by atoms with E-state index in [1.807, 2.05) is 0 Å². The van der Waals surface area contributed by atoms with E-state index in [1.54, 1.807) is 42.5 Å². The largest absolute Gasteiger partial charge is 0.433 e. The van der Waals surface area contributed by atoms with Crippen LogP contribution in [0.15, 0.2) is 46.9 Å². The number of benzene rings is 2. The molecule has 0 spiro atoms. The summed E-state index contributed by atoms with van der Waals surface area (Å²) in [4.78, 5) is 0. The summed E-state index contributed by atoms with van der Waals surface area (Å²) in [5.74, 6) is 0.109. The third kappa shape index (κ3) is 2.79. The average Bonchev–Trinajstić information content (AvgIpc) is 2.31. The number of para-hydroxylation sites is 1. The zero-order valence-electron chi connectivity index (χ0n) is 9.24. The van der Waals surface area contributed by atoms with Crippen LogP contribution in [0.5, 0.6) is 5.75 Å². The Kier molecular flexibility index (Phi) is 3.81. The smallest absolute Gasteiger partial charge is 0.387 e. The summed E-state index contributed by atoms with van der Waals surface area (Å²) in [6.07, 6.45) is 0. The molecule has 0 saturated heterocycles. The highest BCUT2D eigenvalue weighted by molar-refractivity contribution is 9.10. The molecule has 0 heterocycles. The van der Waals surface area contributed by atoms with Crippen molar-refractivity contribution in [2.75, 3.05) is 5.73 Å². The van der Waals surface area contributed by atoms with Gasteiger partial charge in [0.05, 0.1) is 4.47 Å². The summed E-state index contributed by atoms with van der Waals surface area (Å²) in [5, 5.41) is 0. The van der Waals surface area contributed by atoms with Gasteiger partial charge in [0.15, 0.2) is 0 Å². The predicted octanol–water partition coefficient (Wildman–Crippen LogP) is 4.30. The fourth-order valence-electron chi connectivity index (χ4n) is 1.65. The van der Waals surface area contributed by atoms with Gasteiger partial charge in [-0.1, -0.05) is 24.3 Å². The number of alkyl halides is 2. The van der Waals surface area contributed by atoms with Crippen molar-refractivity contribution in [1.29, 1.82) is 0 Å². The Morgan fingerprint density at radius 1 is 1.11 bits per heavy atom. The Morgan fingerprint density at radius 3 is 2.50 bits per heavy atom. The second kappa shape index (κ2) is 5.35. The van der Waals surface area contributed by atoms with Gasteiger partial charge in [-0.25, -0.2) is 0 Å². The second-order valence-electron chi connectivity index (χ2n) is 3.62. The lowest BCUT2D eigenvalue weighted by Crippen LogP contribution is -2.04. The zero-order chi connectivity index (χ0) is 13.1. The number of ether oxygens (including phenoxy) is 1. The molecular weight excluding hydrogens is 304 g/mol. The molecule has 0 aliphatic carbocycles. The SMILES string of the molecule is Nc1cccc(-c2cccc(Br)c2OC(F)F)c1. The van der Waals surface area contributed by atoms with Crippen LogP contribution in [-0.2, 0) is 0 Å². The first-order valence-electron chi connectivity index (χ1n) is 5.17. The molecule has 2 nitrogen and oxygen atoms in total. The summed E-state index contributed by atoms with van der Waals surface area (Å²) in [6.45, 7) is -2.87. The standard InChI is InChI=1S/C13H10BrF2NO/c14-11-6-2-5-10(12(11)18-13(15)16)8-3-1-4-9(17)7-8/h1-7,13H,17H2. The second-order valence-corrected chi connectivity index (χ2v) is 4.47. The van der Waals surface area contributed by atoms with Crippen molar-refractivity contribution < 1.29 is 13.5 Å². The van der Waals surface area contributed by atoms with Gasteiger partial charge >= 0.3 is 6.61 Å². The molecular formula is C13H10BrF2NO. The maximum atomic E-state index is 12.4. The highest BCUT2D eigenvalue weighted by Gasteiger charge is 2.14. The highest BCUT2D eigenvalue weighted by Crippen LogP contribution is 2.37. The van der Waals surface area contributed by atoms with Gasteiger partial charge in [0.25, 0.3) is 0 Å². The first-order valence-corrected chi connectivity index (χ1v) is 5.96. The van der Waals surface area contributed by atoms with Crippen LogP contribution in [0.1, 0.15) is 0 Å². The molecule has 2 rings (SSSR count). The quantitative estimate of drug-likeness (QED) is 0.857. The van der Waals surface area contributed by atoms with Crippen molar-refractivity contribution in [2.45, 2.75) is 6.61 Å². The molecule has 0 saturated carbocycles. The Balaban J connectivity index is 2.53. The fraction of sp³-hybridized carbons (Fsp3) is 0.0769. The van der Waals surface area contributed by atoms with E-state index in [-0.39, 0.29) is 5.75 Å². The zero-order valence-corrected chi connectivity index (χ0v) is 10.8. The number of anilines is 1. The molecule has 94 valence electrons. The molecule has 0 bridgehead atoms.